The van der Waals surface area contributed by atoms with E-state index in [2.05, 4.69) is 72.1 Å². The molecule has 0 aromatic heterocycles. The Morgan fingerprint density at radius 3 is 2.19 bits per heavy atom. The Morgan fingerprint density at radius 1 is 1.19 bits per heavy atom. The maximum atomic E-state index is 7.00. The molecule has 1 saturated carbocycles. The molecule has 2 heteroatoms. The lowest BCUT2D eigenvalue weighted by Crippen LogP contribution is -2.36. The fourth-order valence-corrected chi connectivity index (χ4v) is 3.71. The van der Waals surface area contributed by atoms with Gasteiger partial charge in [-0.3, -0.25) is 0 Å². The van der Waals surface area contributed by atoms with E-state index >= 15 is 0 Å². The summed E-state index contributed by atoms with van der Waals surface area (Å²) in [5.41, 5.74) is 0.540. The zero-order valence-electron chi connectivity index (χ0n) is 19.9. The molecule has 27 heavy (non-hydrogen) atoms. The van der Waals surface area contributed by atoms with Gasteiger partial charge in [0.25, 0.3) is 0 Å². The van der Waals surface area contributed by atoms with E-state index in [0.29, 0.717) is 11.3 Å². The highest BCUT2D eigenvalue weighted by molar-refractivity contribution is 7.80. The highest BCUT2D eigenvalue weighted by atomic mass is 32.1. The van der Waals surface area contributed by atoms with E-state index in [1.54, 1.807) is 0 Å². The summed E-state index contributed by atoms with van der Waals surface area (Å²) in [6.07, 6.45) is 17.5. The van der Waals surface area contributed by atoms with Gasteiger partial charge in [-0.05, 0) is 67.4 Å². The molecule has 0 aromatic rings. The molecule has 0 amide bonds. The van der Waals surface area contributed by atoms with Crippen LogP contribution in [0.4, 0.5) is 0 Å². The van der Waals surface area contributed by atoms with Crippen LogP contribution in [0.15, 0.2) is 24.8 Å². The van der Waals surface area contributed by atoms with Crippen LogP contribution in [0.1, 0.15) is 99.8 Å². The Kier molecular flexibility index (Phi) is 25.8. The van der Waals surface area contributed by atoms with Crippen LogP contribution in [0.3, 0.4) is 0 Å². The molecule has 1 fully saturated rings. The van der Waals surface area contributed by atoms with Crippen molar-refractivity contribution in [2.24, 2.45) is 23.2 Å². The Balaban J connectivity index is -0.000000621. The summed E-state index contributed by atoms with van der Waals surface area (Å²) >= 11 is 3.92. The fourth-order valence-electron chi connectivity index (χ4n) is 3.71. The minimum Gasteiger partial charge on any atom is -0.400 e. The minimum absolute atomic E-state index is 0.540. The first kappa shape index (κ1) is 31.5. The summed E-state index contributed by atoms with van der Waals surface area (Å²) < 4.78 is 0. The molecule has 3 atom stereocenters. The van der Waals surface area contributed by atoms with Crippen LogP contribution in [-0.4, -0.2) is 18.0 Å². The van der Waals surface area contributed by atoms with E-state index in [4.69, 9.17) is 5.11 Å². The maximum Gasteiger partial charge on any atom is 0.0319 e. The first-order valence-electron chi connectivity index (χ1n) is 11.2. The molecule has 1 aliphatic rings. The predicted molar refractivity (Wildman–Crippen MR) is 131 cm³/mol. The summed E-state index contributed by atoms with van der Waals surface area (Å²) in [5, 5.41) is 7.00. The van der Waals surface area contributed by atoms with Crippen molar-refractivity contribution >= 4 is 12.6 Å². The van der Waals surface area contributed by atoms with Crippen LogP contribution in [0.5, 0.6) is 0 Å². The topological polar surface area (TPSA) is 20.2 Å². The van der Waals surface area contributed by atoms with Crippen LogP contribution in [0.25, 0.3) is 0 Å². The number of thiol groups is 1. The molecule has 0 heterocycles. The van der Waals surface area contributed by atoms with Gasteiger partial charge in [-0.25, -0.2) is 0 Å². The Labute approximate surface area is 178 Å². The molecule has 0 bridgehead atoms. The van der Waals surface area contributed by atoms with Crippen molar-refractivity contribution in [3.8, 4) is 0 Å². The molecule has 0 radical (unpaired) electrons. The van der Waals surface area contributed by atoms with E-state index in [1.807, 2.05) is 13.8 Å². The van der Waals surface area contributed by atoms with E-state index < -0.39 is 0 Å². The van der Waals surface area contributed by atoms with Gasteiger partial charge in [0, 0.05) is 7.11 Å². The van der Waals surface area contributed by atoms with Gasteiger partial charge in [0.15, 0.2) is 0 Å². The lowest BCUT2D eigenvalue weighted by molar-refractivity contribution is 0.0493. The molecule has 1 rings (SSSR count). The van der Waals surface area contributed by atoms with E-state index in [1.165, 1.54) is 51.4 Å². The molecular formula is C25H52OS. The van der Waals surface area contributed by atoms with Gasteiger partial charge in [-0.1, -0.05) is 79.5 Å². The van der Waals surface area contributed by atoms with Crippen molar-refractivity contribution in [3.05, 3.63) is 24.8 Å². The van der Waals surface area contributed by atoms with Crippen LogP contribution < -0.4 is 0 Å². The normalized spacial score (nSPS) is 22.6. The van der Waals surface area contributed by atoms with Crippen LogP contribution in [0, 0.1) is 23.2 Å². The largest absolute Gasteiger partial charge is 0.400 e. The van der Waals surface area contributed by atoms with Crippen molar-refractivity contribution in [1.29, 1.82) is 0 Å². The number of hydrogen-bond donors (Lipinski definition) is 2. The predicted octanol–water partition coefficient (Wildman–Crippen LogP) is 8.35. The van der Waals surface area contributed by atoms with Gasteiger partial charge in [0.1, 0.15) is 0 Å². The summed E-state index contributed by atoms with van der Waals surface area (Å²) in [5.74, 6) is 3.39. The van der Waals surface area contributed by atoms with E-state index in [-0.39, 0.29) is 0 Å². The monoisotopic (exact) mass is 400 g/mol. The van der Waals surface area contributed by atoms with Gasteiger partial charge in [-0.15, -0.1) is 6.58 Å². The summed E-state index contributed by atoms with van der Waals surface area (Å²) in [4.78, 5) is 0. The third-order valence-electron chi connectivity index (χ3n) is 5.54. The first-order chi connectivity index (χ1) is 12.9. The molecular weight excluding hydrogens is 348 g/mol. The average Bonchev–Trinajstić information content (AvgIpc) is 2.70. The van der Waals surface area contributed by atoms with E-state index in [9.17, 15) is 0 Å². The number of hydrogen-bond acceptors (Lipinski definition) is 2. The molecule has 1 unspecified atom stereocenters. The van der Waals surface area contributed by atoms with Crippen molar-refractivity contribution in [1.82, 2.24) is 0 Å². The molecule has 0 aliphatic heterocycles. The zero-order valence-corrected chi connectivity index (χ0v) is 20.8. The lowest BCUT2D eigenvalue weighted by atomic mass is 9.59. The molecule has 0 saturated heterocycles. The molecule has 1 N–H and O–H groups in total. The zero-order chi connectivity index (χ0) is 21.7. The Bertz CT molecular complexity index is 322. The van der Waals surface area contributed by atoms with Crippen molar-refractivity contribution in [3.63, 3.8) is 0 Å². The van der Waals surface area contributed by atoms with Crippen LogP contribution in [0.2, 0.25) is 0 Å². The SMILES string of the molecule is C=CC[C@H]1CCCC[C@]1(C)C(C)CC/C=C/C(C)C.CC.CCCS.CO. The van der Waals surface area contributed by atoms with Gasteiger partial charge in [0.2, 0.25) is 0 Å². The van der Waals surface area contributed by atoms with Gasteiger partial charge in [0.05, 0.1) is 0 Å². The Morgan fingerprint density at radius 2 is 1.74 bits per heavy atom. The maximum absolute atomic E-state index is 7.00. The van der Waals surface area contributed by atoms with E-state index in [0.717, 1.165) is 24.7 Å². The van der Waals surface area contributed by atoms with Crippen molar-refractivity contribution < 1.29 is 5.11 Å². The lowest BCUT2D eigenvalue weighted by Gasteiger charge is -2.46. The van der Waals surface area contributed by atoms with Crippen LogP contribution >= 0.6 is 12.6 Å². The molecule has 0 spiro atoms. The van der Waals surface area contributed by atoms with Crippen molar-refractivity contribution in [2.75, 3.05) is 12.9 Å². The first-order valence-corrected chi connectivity index (χ1v) is 11.9. The standard InChI is InChI=1S/C19H34.C3H8S.C2H6.CH4O/c1-6-11-18-14-9-10-15-19(18,5)17(4)13-8-7-12-16(2)3;1-2-3-4;2*1-2/h6-7,12,16-18H,1,8-11,13-15H2,2-5H3;4H,2-3H2,1H3;1-2H3;2H,1H3/b12-7+;;;/t17?,18-,19+;;;/m0.../s1. The number of aliphatic hydroxyl groups is 1. The third-order valence-corrected chi connectivity index (χ3v) is 5.99. The van der Waals surface area contributed by atoms with Crippen LogP contribution in [-0.2, 0) is 0 Å². The number of allylic oxidation sites excluding steroid dienone is 3. The summed E-state index contributed by atoms with van der Waals surface area (Å²) in [7, 11) is 1.00. The summed E-state index contributed by atoms with van der Waals surface area (Å²) in [6, 6.07) is 0. The van der Waals surface area contributed by atoms with Crippen molar-refractivity contribution in [2.45, 2.75) is 99.8 Å². The third kappa shape index (κ3) is 15.4. The quantitative estimate of drug-likeness (QED) is 0.310. The van der Waals surface area contributed by atoms with Gasteiger partial charge < -0.3 is 5.11 Å². The molecule has 1 nitrogen and oxygen atoms in total. The Hall–Kier alpha value is -0.210. The second kappa shape index (κ2) is 22.1. The summed E-state index contributed by atoms with van der Waals surface area (Å²) in [6.45, 7) is 19.6. The number of aliphatic hydroxyl groups excluding tert-OH is 1. The van der Waals surface area contributed by atoms with Gasteiger partial charge in [-0.2, -0.15) is 12.6 Å². The number of rotatable bonds is 8. The molecule has 164 valence electrons. The van der Waals surface area contributed by atoms with Gasteiger partial charge >= 0.3 is 0 Å². The average molecular weight is 401 g/mol. The second-order valence-electron chi connectivity index (χ2n) is 7.85. The fraction of sp³-hybridized carbons (Fsp3) is 0.840. The highest BCUT2D eigenvalue weighted by Crippen LogP contribution is 2.49. The second-order valence-corrected chi connectivity index (χ2v) is 8.29. The minimum atomic E-state index is 0.540. The molecule has 0 aromatic carbocycles. The smallest absolute Gasteiger partial charge is 0.0319 e. The molecule has 1 aliphatic carbocycles. The highest BCUT2D eigenvalue weighted by Gasteiger charge is 2.39.